The molecule has 10 heteroatoms. The molecule has 10 nitrogen and oxygen atoms in total. The van der Waals surface area contributed by atoms with Crippen molar-refractivity contribution >= 4 is 0 Å². The fourth-order valence-electron chi connectivity index (χ4n) is 2.93. The summed E-state index contributed by atoms with van der Waals surface area (Å²) in [6.07, 6.45) is 6.30. The number of rotatable bonds is 34. The average Bonchev–Trinajstić information content (AvgIpc) is 2.91. The Labute approximate surface area is 225 Å². The van der Waals surface area contributed by atoms with E-state index in [0.29, 0.717) is 126 Å². The fraction of sp³-hybridized carbons (Fsp3) is 1.00. The van der Waals surface area contributed by atoms with Gasteiger partial charge in [-0.2, -0.15) is 0 Å². The van der Waals surface area contributed by atoms with Crippen molar-refractivity contribution in [3.63, 3.8) is 0 Å². The Kier molecular flexibility index (Phi) is 35.2. The van der Waals surface area contributed by atoms with E-state index < -0.39 is 0 Å². The van der Waals surface area contributed by atoms with Crippen LogP contribution in [0.5, 0.6) is 0 Å². The third-order valence-corrected chi connectivity index (χ3v) is 4.94. The number of ether oxygens (including phenoxy) is 10. The van der Waals surface area contributed by atoms with E-state index in [1.54, 1.807) is 0 Å². The molecule has 0 rings (SSSR count). The highest BCUT2D eigenvalue weighted by Gasteiger charge is 1.96. The Morgan fingerprint density at radius 2 is 0.486 bits per heavy atom. The molecule has 37 heavy (non-hydrogen) atoms. The molecule has 0 N–H and O–H groups in total. The van der Waals surface area contributed by atoms with Gasteiger partial charge < -0.3 is 47.4 Å². The zero-order valence-corrected chi connectivity index (χ0v) is 23.8. The van der Waals surface area contributed by atoms with Crippen LogP contribution in [0.2, 0.25) is 0 Å². The van der Waals surface area contributed by atoms with Crippen LogP contribution in [0.1, 0.15) is 46.0 Å². The molecule has 0 unspecified atom stereocenters. The molecular formula is C27H56O10. The Balaban J connectivity index is 3.00. The minimum Gasteiger partial charge on any atom is -0.379 e. The van der Waals surface area contributed by atoms with Gasteiger partial charge in [0.1, 0.15) is 0 Å². The molecule has 0 aromatic carbocycles. The topological polar surface area (TPSA) is 92.3 Å². The zero-order valence-electron chi connectivity index (χ0n) is 23.8. The molecule has 0 bridgehead atoms. The van der Waals surface area contributed by atoms with Gasteiger partial charge in [0.25, 0.3) is 0 Å². The zero-order chi connectivity index (χ0) is 26.7. The smallest absolute Gasteiger partial charge is 0.0701 e. The molecule has 0 radical (unpaired) electrons. The Bertz CT molecular complexity index is 356. The van der Waals surface area contributed by atoms with E-state index in [-0.39, 0.29) is 0 Å². The summed E-state index contributed by atoms with van der Waals surface area (Å²) >= 11 is 0. The van der Waals surface area contributed by atoms with Crippen LogP contribution in [0.4, 0.5) is 0 Å². The first-order valence-corrected chi connectivity index (χ1v) is 14.2. The summed E-state index contributed by atoms with van der Waals surface area (Å²) in [6, 6.07) is 0. The second-order valence-corrected chi connectivity index (χ2v) is 8.12. The van der Waals surface area contributed by atoms with E-state index in [2.05, 4.69) is 6.92 Å². The van der Waals surface area contributed by atoms with Crippen molar-refractivity contribution in [2.24, 2.45) is 0 Å². The van der Waals surface area contributed by atoms with Crippen molar-refractivity contribution in [3.05, 3.63) is 0 Å². The summed E-state index contributed by atoms with van der Waals surface area (Å²) in [4.78, 5) is 0. The van der Waals surface area contributed by atoms with Crippen molar-refractivity contribution in [3.8, 4) is 0 Å². The van der Waals surface area contributed by atoms with E-state index in [1.165, 1.54) is 25.7 Å². The third kappa shape index (κ3) is 35.6. The molecule has 0 aliphatic carbocycles. The summed E-state index contributed by atoms with van der Waals surface area (Å²) in [5.74, 6) is 0. The minimum atomic E-state index is 0.534. The van der Waals surface area contributed by atoms with Gasteiger partial charge in [-0.15, -0.1) is 0 Å². The maximum atomic E-state index is 5.55. The second-order valence-electron chi connectivity index (χ2n) is 8.12. The molecule has 0 spiro atoms. The van der Waals surface area contributed by atoms with E-state index in [0.717, 1.165) is 13.0 Å². The molecule has 0 aromatic rings. The van der Waals surface area contributed by atoms with Gasteiger partial charge in [0.05, 0.1) is 119 Å². The highest BCUT2D eigenvalue weighted by molar-refractivity contribution is 4.42. The molecule has 0 atom stereocenters. The molecular weight excluding hydrogens is 484 g/mol. The maximum absolute atomic E-state index is 5.55. The Hall–Kier alpha value is -0.400. The molecule has 0 amide bonds. The Morgan fingerprint density at radius 1 is 0.243 bits per heavy atom. The van der Waals surface area contributed by atoms with Crippen molar-refractivity contribution in [2.75, 3.05) is 132 Å². The number of unbranched alkanes of at least 4 members (excludes halogenated alkanes) is 4. The molecule has 0 saturated heterocycles. The highest BCUT2D eigenvalue weighted by atomic mass is 16.6. The third-order valence-electron chi connectivity index (χ3n) is 4.94. The normalized spacial score (nSPS) is 11.5. The summed E-state index contributed by atoms with van der Waals surface area (Å²) in [7, 11) is 0. The van der Waals surface area contributed by atoms with Gasteiger partial charge in [-0.05, 0) is 13.3 Å². The lowest BCUT2D eigenvalue weighted by Crippen LogP contribution is -2.15. The van der Waals surface area contributed by atoms with Gasteiger partial charge in [0, 0.05) is 13.2 Å². The van der Waals surface area contributed by atoms with E-state index >= 15 is 0 Å². The molecule has 0 aliphatic heterocycles. The van der Waals surface area contributed by atoms with Crippen LogP contribution in [0.3, 0.4) is 0 Å². The van der Waals surface area contributed by atoms with E-state index in [9.17, 15) is 0 Å². The first-order chi connectivity index (χ1) is 18.4. The van der Waals surface area contributed by atoms with Crippen LogP contribution >= 0.6 is 0 Å². The molecule has 0 fully saturated rings. The van der Waals surface area contributed by atoms with Crippen LogP contribution < -0.4 is 0 Å². The van der Waals surface area contributed by atoms with Gasteiger partial charge in [0.15, 0.2) is 0 Å². The summed E-state index contributed by atoms with van der Waals surface area (Å²) in [5, 5.41) is 0. The summed E-state index contributed by atoms with van der Waals surface area (Å²) in [5.41, 5.74) is 0. The lowest BCUT2D eigenvalue weighted by molar-refractivity contribution is -0.0263. The molecule has 0 aromatic heterocycles. The molecule has 224 valence electrons. The standard InChI is InChI=1S/C27H56O10/c1-3-5-6-7-8-9-29-12-13-31-16-17-33-20-21-35-24-25-37-27-26-36-23-22-34-19-18-32-15-14-30-11-10-28-4-2/h3-27H2,1-2H3. The Morgan fingerprint density at radius 3 is 0.757 bits per heavy atom. The monoisotopic (exact) mass is 540 g/mol. The molecule has 0 aliphatic rings. The van der Waals surface area contributed by atoms with Gasteiger partial charge in [-0.3, -0.25) is 0 Å². The summed E-state index contributed by atoms with van der Waals surface area (Å²) < 4.78 is 54.3. The maximum Gasteiger partial charge on any atom is 0.0701 e. The number of hydrogen-bond acceptors (Lipinski definition) is 10. The van der Waals surface area contributed by atoms with Crippen LogP contribution in [0, 0.1) is 0 Å². The first-order valence-electron chi connectivity index (χ1n) is 14.2. The minimum absolute atomic E-state index is 0.534. The fourth-order valence-corrected chi connectivity index (χ4v) is 2.93. The van der Waals surface area contributed by atoms with Crippen molar-refractivity contribution in [2.45, 2.75) is 46.0 Å². The van der Waals surface area contributed by atoms with Gasteiger partial charge in [-0.25, -0.2) is 0 Å². The van der Waals surface area contributed by atoms with Crippen molar-refractivity contribution < 1.29 is 47.4 Å². The van der Waals surface area contributed by atoms with Crippen LogP contribution in [-0.2, 0) is 47.4 Å². The number of hydrogen-bond donors (Lipinski definition) is 0. The van der Waals surface area contributed by atoms with Gasteiger partial charge in [0.2, 0.25) is 0 Å². The summed E-state index contributed by atoms with van der Waals surface area (Å²) in [6.45, 7) is 15.9. The average molecular weight is 541 g/mol. The first kappa shape index (κ1) is 36.6. The van der Waals surface area contributed by atoms with Crippen LogP contribution in [0.15, 0.2) is 0 Å². The largest absolute Gasteiger partial charge is 0.379 e. The van der Waals surface area contributed by atoms with Gasteiger partial charge in [-0.1, -0.05) is 32.6 Å². The highest BCUT2D eigenvalue weighted by Crippen LogP contribution is 2.02. The van der Waals surface area contributed by atoms with E-state index in [4.69, 9.17) is 47.4 Å². The second kappa shape index (κ2) is 35.6. The van der Waals surface area contributed by atoms with E-state index in [1.807, 2.05) is 6.92 Å². The lowest BCUT2D eigenvalue weighted by atomic mass is 10.2. The SMILES string of the molecule is CCCCCCCOCCOCCOCCOCCOCCOCCOCCOCCOCCOCC. The van der Waals surface area contributed by atoms with Crippen LogP contribution in [0.25, 0.3) is 0 Å². The van der Waals surface area contributed by atoms with Crippen molar-refractivity contribution in [1.29, 1.82) is 0 Å². The van der Waals surface area contributed by atoms with Gasteiger partial charge >= 0.3 is 0 Å². The molecule has 0 heterocycles. The molecule has 0 saturated carbocycles. The lowest BCUT2D eigenvalue weighted by Gasteiger charge is -2.09. The van der Waals surface area contributed by atoms with Crippen molar-refractivity contribution in [1.82, 2.24) is 0 Å². The predicted octanol–water partition coefficient (Wildman–Crippen LogP) is 3.14. The van der Waals surface area contributed by atoms with Crippen LogP contribution in [-0.4, -0.2) is 132 Å². The quantitative estimate of drug-likeness (QED) is 0.113. The predicted molar refractivity (Wildman–Crippen MR) is 143 cm³/mol.